The molecule has 4 aromatic rings. The minimum atomic E-state index is -3.85. The van der Waals surface area contributed by atoms with Crippen molar-refractivity contribution < 1.29 is 22.2 Å². The van der Waals surface area contributed by atoms with Gasteiger partial charge in [-0.05, 0) is 63.1 Å². The molecule has 9 heteroatoms. The summed E-state index contributed by atoms with van der Waals surface area (Å²) in [5.74, 6) is -0.148. The van der Waals surface area contributed by atoms with Crippen molar-refractivity contribution in [1.82, 2.24) is 5.16 Å². The maximum atomic E-state index is 12.6. The summed E-state index contributed by atoms with van der Waals surface area (Å²) in [5, 5.41) is 7.44. The van der Waals surface area contributed by atoms with Crippen LogP contribution in [-0.2, 0) is 21.2 Å². The van der Waals surface area contributed by atoms with Gasteiger partial charge in [0.2, 0.25) is 11.8 Å². The van der Waals surface area contributed by atoms with Crippen LogP contribution >= 0.6 is 0 Å². The average Bonchev–Trinajstić information content (AvgIpc) is 3.29. The number of amides is 1. The maximum absolute atomic E-state index is 12.6. The van der Waals surface area contributed by atoms with Crippen LogP contribution in [0.2, 0.25) is 0 Å². The van der Waals surface area contributed by atoms with Crippen LogP contribution in [0.5, 0.6) is 0 Å². The zero-order chi connectivity index (χ0) is 23.0. The van der Waals surface area contributed by atoms with Gasteiger partial charge in [-0.15, -0.1) is 0 Å². The number of anilines is 2. The van der Waals surface area contributed by atoms with Crippen molar-refractivity contribution in [3.8, 4) is 0 Å². The summed E-state index contributed by atoms with van der Waals surface area (Å²) in [6.45, 7) is 7.44. The molecule has 8 nitrogen and oxygen atoms in total. The molecule has 0 saturated carbocycles. The van der Waals surface area contributed by atoms with E-state index in [2.05, 4.69) is 15.2 Å². The lowest BCUT2D eigenvalue weighted by molar-refractivity contribution is -0.115. The first-order chi connectivity index (χ1) is 15.2. The highest BCUT2D eigenvalue weighted by atomic mass is 32.2. The third kappa shape index (κ3) is 4.11. The SMILES string of the molecule is Cc1ccc2c(CC(=O)Nc3ccc(S(=O)(=O)Nc4onc(C)c4C)cc3)coc2c1C. The van der Waals surface area contributed by atoms with E-state index in [1.807, 2.05) is 26.0 Å². The highest BCUT2D eigenvalue weighted by molar-refractivity contribution is 7.92. The molecule has 4 rings (SSSR count). The van der Waals surface area contributed by atoms with Crippen LogP contribution in [0.15, 0.2) is 56.5 Å². The zero-order valence-electron chi connectivity index (χ0n) is 18.1. The summed E-state index contributed by atoms with van der Waals surface area (Å²) in [6.07, 6.45) is 1.74. The van der Waals surface area contributed by atoms with E-state index in [0.717, 1.165) is 27.7 Å². The molecule has 0 saturated heterocycles. The first kappa shape index (κ1) is 21.6. The Labute approximate surface area is 185 Å². The molecule has 32 heavy (non-hydrogen) atoms. The van der Waals surface area contributed by atoms with Gasteiger partial charge < -0.3 is 14.3 Å². The van der Waals surface area contributed by atoms with E-state index < -0.39 is 10.0 Å². The van der Waals surface area contributed by atoms with Crippen molar-refractivity contribution in [2.24, 2.45) is 0 Å². The van der Waals surface area contributed by atoms with E-state index in [1.54, 1.807) is 20.1 Å². The van der Waals surface area contributed by atoms with Crippen LogP contribution in [0, 0.1) is 27.7 Å². The number of hydrogen-bond acceptors (Lipinski definition) is 6. The summed E-state index contributed by atoms with van der Waals surface area (Å²) in [7, 11) is -3.85. The van der Waals surface area contributed by atoms with Crippen LogP contribution in [-0.4, -0.2) is 19.5 Å². The van der Waals surface area contributed by atoms with Gasteiger partial charge >= 0.3 is 0 Å². The van der Waals surface area contributed by atoms with E-state index in [1.165, 1.54) is 24.3 Å². The molecule has 2 heterocycles. The fraction of sp³-hybridized carbons (Fsp3) is 0.217. The van der Waals surface area contributed by atoms with Crippen molar-refractivity contribution in [3.63, 3.8) is 0 Å². The van der Waals surface area contributed by atoms with Crippen LogP contribution in [0.1, 0.15) is 27.9 Å². The van der Waals surface area contributed by atoms with Crippen molar-refractivity contribution >= 4 is 38.5 Å². The number of aromatic nitrogens is 1. The first-order valence-electron chi connectivity index (χ1n) is 9.97. The lowest BCUT2D eigenvalue weighted by atomic mass is 10.0. The van der Waals surface area contributed by atoms with Gasteiger partial charge in [-0.3, -0.25) is 4.79 Å². The molecule has 0 atom stereocenters. The van der Waals surface area contributed by atoms with Crippen molar-refractivity contribution in [2.45, 2.75) is 39.0 Å². The second-order valence-corrected chi connectivity index (χ2v) is 9.40. The standard InChI is InChI=1S/C23H23N3O5S/c1-13-5-10-20-17(12-30-22(20)14(13)2)11-21(27)24-18-6-8-19(9-7-18)32(28,29)26-23-15(3)16(4)25-31-23/h5-10,12,26H,11H2,1-4H3,(H,24,27). The highest BCUT2D eigenvalue weighted by Crippen LogP contribution is 2.27. The van der Waals surface area contributed by atoms with Crippen molar-refractivity contribution in [1.29, 1.82) is 0 Å². The second-order valence-electron chi connectivity index (χ2n) is 7.72. The number of aryl methyl sites for hydroxylation is 3. The fourth-order valence-electron chi connectivity index (χ4n) is 3.31. The molecular weight excluding hydrogens is 430 g/mol. The highest BCUT2D eigenvalue weighted by Gasteiger charge is 2.19. The lowest BCUT2D eigenvalue weighted by Crippen LogP contribution is -2.15. The third-order valence-electron chi connectivity index (χ3n) is 5.53. The van der Waals surface area contributed by atoms with Gasteiger partial charge in [0.1, 0.15) is 5.58 Å². The molecular formula is C23H23N3O5S. The van der Waals surface area contributed by atoms with Gasteiger partial charge in [-0.25, -0.2) is 13.1 Å². The van der Waals surface area contributed by atoms with Gasteiger partial charge in [0.25, 0.3) is 10.0 Å². The number of hydrogen-bond donors (Lipinski definition) is 2. The Morgan fingerprint density at radius 2 is 1.72 bits per heavy atom. The number of carbonyl (C=O) groups is 1. The van der Waals surface area contributed by atoms with E-state index in [-0.39, 0.29) is 23.1 Å². The van der Waals surface area contributed by atoms with Gasteiger partial charge in [-0.1, -0.05) is 17.3 Å². The second kappa shape index (κ2) is 8.16. The molecule has 1 amide bonds. The molecule has 0 aliphatic heterocycles. The normalized spacial score (nSPS) is 11.6. The molecule has 2 N–H and O–H groups in total. The Morgan fingerprint density at radius 1 is 1.00 bits per heavy atom. The van der Waals surface area contributed by atoms with Crippen LogP contribution in [0.3, 0.4) is 0 Å². The minimum Gasteiger partial charge on any atom is -0.464 e. The largest absolute Gasteiger partial charge is 0.464 e. The summed E-state index contributed by atoms with van der Waals surface area (Å²) in [4.78, 5) is 12.6. The Bertz CT molecular complexity index is 1420. The number of carbonyl (C=O) groups excluding carboxylic acids is 1. The third-order valence-corrected chi connectivity index (χ3v) is 6.87. The number of sulfonamides is 1. The number of nitrogens with zero attached hydrogens (tertiary/aromatic N) is 1. The molecule has 0 radical (unpaired) electrons. The number of nitrogens with one attached hydrogen (secondary N) is 2. The van der Waals surface area contributed by atoms with Crippen LogP contribution in [0.4, 0.5) is 11.6 Å². The number of benzene rings is 2. The fourth-order valence-corrected chi connectivity index (χ4v) is 4.36. The monoisotopic (exact) mass is 453 g/mol. The predicted molar refractivity (Wildman–Crippen MR) is 121 cm³/mol. The Kier molecular flexibility index (Phi) is 5.52. The van der Waals surface area contributed by atoms with Crippen LogP contribution in [0.25, 0.3) is 11.0 Å². The van der Waals surface area contributed by atoms with Crippen molar-refractivity contribution in [3.05, 3.63) is 70.6 Å². The molecule has 2 aromatic heterocycles. The molecule has 0 aliphatic rings. The quantitative estimate of drug-likeness (QED) is 0.440. The molecule has 0 bridgehead atoms. The van der Waals surface area contributed by atoms with E-state index in [9.17, 15) is 13.2 Å². The summed E-state index contributed by atoms with van der Waals surface area (Å²) in [5.41, 5.74) is 5.47. The van der Waals surface area contributed by atoms with Gasteiger partial charge in [0, 0.05) is 22.2 Å². The molecule has 0 fully saturated rings. The van der Waals surface area contributed by atoms with Gasteiger partial charge in [0.15, 0.2) is 0 Å². The lowest BCUT2D eigenvalue weighted by Gasteiger charge is -2.08. The number of furan rings is 1. The van der Waals surface area contributed by atoms with E-state index >= 15 is 0 Å². The Hall–Kier alpha value is -3.59. The summed E-state index contributed by atoms with van der Waals surface area (Å²) >= 11 is 0. The topological polar surface area (TPSA) is 114 Å². The molecule has 2 aromatic carbocycles. The van der Waals surface area contributed by atoms with E-state index in [4.69, 9.17) is 8.94 Å². The Balaban J connectivity index is 1.45. The minimum absolute atomic E-state index is 0.0376. The first-order valence-corrected chi connectivity index (χ1v) is 11.5. The molecule has 166 valence electrons. The summed E-state index contributed by atoms with van der Waals surface area (Å²) in [6, 6.07) is 9.85. The average molecular weight is 454 g/mol. The van der Waals surface area contributed by atoms with E-state index in [0.29, 0.717) is 16.9 Å². The van der Waals surface area contributed by atoms with Crippen LogP contribution < -0.4 is 10.0 Å². The number of rotatable bonds is 6. The van der Waals surface area contributed by atoms with Gasteiger partial charge in [0.05, 0.1) is 23.3 Å². The maximum Gasteiger partial charge on any atom is 0.264 e. The summed E-state index contributed by atoms with van der Waals surface area (Å²) < 4.78 is 38.2. The van der Waals surface area contributed by atoms with Crippen molar-refractivity contribution in [2.75, 3.05) is 10.0 Å². The smallest absolute Gasteiger partial charge is 0.264 e. The molecule has 0 spiro atoms. The van der Waals surface area contributed by atoms with Gasteiger partial charge in [-0.2, -0.15) is 0 Å². The number of fused-ring (bicyclic) bond motifs is 1. The molecule has 0 unspecified atom stereocenters. The zero-order valence-corrected chi connectivity index (χ0v) is 19.0. The molecule has 0 aliphatic carbocycles. The predicted octanol–water partition coefficient (Wildman–Crippen LogP) is 4.64. The Morgan fingerprint density at radius 3 is 2.38 bits per heavy atom.